The number of amidine groups is 1. The number of nitrogens with one attached hydrogen (secondary N) is 1. The molecule has 8 heteroatoms. The van der Waals surface area contributed by atoms with E-state index in [-0.39, 0.29) is 18.4 Å². The molecule has 160 valence electrons. The number of benzene rings is 1. The molecule has 6 nitrogen and oxygen atoms in total. The van der Waals surface area contributed by atoms with Crippen molar-refractivity contribution in [3.05, 3.63) is 74.1 Å². The second kappa shape index (κ2) is 8.72. The highest BCUT2D eigenvalue weighted by molar-refractivity contribution is 8.16. The van der Waals surface area contributed by atoms with Crippen LogP contribution in [0.25, 0.3) is 0 Å². The molecule has 31 heavy (non-hydrogen) atoms. The first kappa shape index (κ1) is 21.4. The van der Waals surface area contributed by atoms with Crippen LogP contribution in [-0.4, -0.2) is 29.1 Å². The molecule has 3 heterocycles. The molecular weight excluding hydrogens is 430 g/mol. The van der Waals surface area contributed by atoms with E-state index in [1.165, 1.54) is 24.4 Å². The number of ether oxygens (including phenoxy) is 1. The molecule has 1 unspecified atom stereocenters. The van der Waals surface area contributed by atoms with Crippen LogP contribution < -0.4 is 5.32 Å². The van der Waals surface area contributed by atoms with E-state index in [0.717, 1.165) is 27.7 Å². The van der Waals surface area contributed by atoms with Crippen molar-refractivity contribution >= 4 is 45.8 Å². The van der Waals surface area contributed by atoms with Crippen molar-refractivity contribution < 1.29 is 14.3 Å². The molecular formula is C23H23N3O3S2. The highest BCUT2D eigenvalue weighted by Gasteiger charge is 2.41. The average Bonchev–Trinajstić information content (AvgIpc) is 3.40. The van der Waals surface area contributed by atoms with Crippen LogP contribution in [0, 0.1) is 13.8 Å². The number of carbonyl (C=O) groups is 2. The van der Waals surface area contributed by atoms with Gasteiger partial charge in [0, 0.05) is 11.4 Å². The highest BCUT2D eigenvalue weighted by atomic mass is 32.2. The number of amides is 1. The number of esters is 1. The minimum absolute atomic E-state index is 0.119. The maximum absolute atomic E-state index is 12.8. The largest absolute Gasteiger partial charge is 0.466 e. The summed E-state index contributed by atoms with van der Waals surface area (Å²) in [5.41, 5.74) is 5.98. The average molecular weight is 454 g/mol. The quantitative estimate of drug-likeness (QED) is 0.635. The second-order valence-corrected chi connectivity index (χ2v) is 9.08. The summed E-state index contributed by atoms with van der Waals surface area (Å²) in [7, 11) is 1.37. The van der Waals surface area contributed by atoms with Crippen LogP contribution in [0.2, 0.25) is 0 Å². The fourth-order valence-corrected chi connectivity index (χ4v) is 5.32. The van der Waals surface area contributed by atoms with E-state index in [0.29, 0.717) is 11.3 Å². The van der Waals surface area contributed by atoms with Gasteiger partial charge in [-0.15, -0.1) is 0 Å². The number of thiophene rings is 1. The van der Waals surface area contributed by atoms with E-state index in [4.69, 9.17) is 4.74 Å². The number of allylic oxidation sites excluding steroid dienone is 1. The van der Waals surface area contributed by atoms with Crippen molar-refractivity contribution in [1.82, 2.24) is 4.90 Å². The van der Waals surface area contributed by atoms with E-state index < -0.39 is 5.97 Å². The SMILES string of the molecule is COC(=O)C1=C(C)N=C2SC=C(CC(=O)Nc3ccc(C)c(C)c3)N2C1c1ccsc1. The molecule has 1 aromatic carbocycles. The fraction of sp³-hybridized carbons (Fsp3) is 0.261. The summed E-state index contributed by atoms with van der Waals surface area (Å²) in [5, 5.41) is 9.66. The number of carbonyl (C=O) groups excluding carboxylic acids is 2. The van der Waals surface area contributed by atoms with Gasteiger partial charge < -0.3 is 15.0 Å². The standard InChI is InChI=1S/C23H23N3O3S2/c1-13-5-6-17(9-14(13)2)25-19(27)10-18-12-31-23-24-15(3)20(22(28)29-4)21(26(18)23)16-7-8-30-11-16/h5-9,11-12,21H,10H2,1-4H3,(H,25,27). The minimum atomic E-state index is -0.410. The van der Waals surface area contributed by atoms with Gasteiger partial charge in [0.15, 0.2) is 5.17 Å². The molecule has 0 aliphatic carbocycles. The molecule has 0 saturated heterocycles. The third kappa shape index (κ3) is 4.18. The van der Waals surface area contributed by atoms with Gasteiger partial charge in [0.25, 0.3) is 0 Å². The van der Waals surface area contributed by atoms with Crippen molar-refractivity contribution in [3.8, 4) is 0 Å². The molecule has 0 spiro atoms. The number of anilines is 1. The van der Waals surface area contributed by atoms with Crippen LogP contribution in [0.3, 0.4) is 0 Å². The van der Waals surface area contributed by atoms with Crippen molar-refractivity contribution in [2.75, 3.05) is 12.4 Å². The number of fused-ring (bicyclic) bond motifs is 1. The Morgan fingerprint density at radius 3 is 2.68 bits per heavy atom. The van der Waals surface area contributed by atoms with Gasteiger partial charge in [-0.05, 0) is 71.8 Å². The van der Waals surface area contributed by atoms with Crippen molar-refractivity contribution in [1.29, 1.82) is 0 Å². The van der Waals surface area contributed by atoms with Crippen LogP contribution in [0.1, 0.15) is 36.1 Å². The van der Waals surface area contributed by atoms with E-state index in [1.807, 2.05) is 66.1 Å². The third-order valence-electron chi connectivity index (χ3n) is 5.40. The Labute approximate surface area is 189 Å². The van der Waals surface area contributed by atoms with E-state index >= 15 is 0 Å². The van der Waals surface area contributed by atoms with Crippen LogP contribution in [0.15, 0.2) is 62.4 Å². The van der Waals surface area contributed by atoms with Crippen LogP contribution in [0.4, 0.5) is 5.69 Å². The van der Waals surface area contributed by atoms with Gasteiger partial charge in [-0.25, -0.2) is 9.79 Å². The zero-order chi connectivity index (χ0) is 22.1. The first-order valence-electron chi connectivity index (χ1n) is 9.81. The van der Waals surface area contributed by atoms with Gasteiger partial charge in [0.05, 0.1) is 30.8 Å². The normalized spacial score (nSPS) is 17.8. The Bertz CT molecular complexity index is 1130. The van der Waals surface area contributed by atoms with E-state index in [2.05, 4.69) is 10.3 Å². The fourth-order valence-electron chi connectivity index (χ4n) is 3.68. The molecule has 0 fully saturated rings. The maximum atomic E-state index is 12.8. The van der Waals surface area contributed by atoms with Gasteiger partial charge in [-0.2, -0.15) is 11.3 Å². The summed E-state index contributed by atoms with van der Waals surface area (Å²) in [6.07, 6.45) is 0.174. The number of hydrogen-bond donors (Lipinski definition) is 1. The Kier molecular flexibility index (Phi) is 6.02. The van der Waals surface area contributed by atoms with E-state index in [9.17, 15) is 9.59 Å². The second-order valence-electron chi connectivity index (χ2n) is 7.47. The molecule has 0 saturated carbocycles. The smallest absolute Gasteiger partial charge is 0.338 e. The van der Waals surface area contributed by atoms with Crippen molar-refractivity contribution in [2.24, 2.45) is 4.99 Å². The zero-order valence-electron chi connectivity index (χ0n) is 17.8. The predicted octanol–water partition coefficient (Wildman–Crippen LogP) is 5.14. The van der Waals surface area contributed by atoms with Gasteiger partial charge in [0.2, 0.25) is 5.91 Å². The topological polar surface area (TPSA) is 71.0 Å². The lowest BCUT2D eigenvalue weighted by Crippen LogP contribution is -2.37. The zero-order valence-corrected chi connectivity index (χ0v) is 19.4. The summed E-state index contributed by atoms with van der Waals surface area (Å²) < 4.78 is 5.06. The monoisotopic (exact) mass is 453 g/mol. The van der Waals surface area contributed by atoms with Crippen LogP contribution in [-0.2, 0) is 14.3 Å². The number of aliphatic imine (C=N–C) groups is 1. The summed E-state index contributed by atoms with van der Waals surface area (Å²) in [4.78, 5) is 32.1. The van der Waals surface area contributed by atoms with Crippen molar-refractivity contribution in [3.63, 3.8) is 0 Å². The molecule has 2 aliphatic rings. The number of rotatable bonds is 5. The molecule has 2 aliphatic heterocycles. The van der Waals surface area contributed by atoms with Gasteiger partial charge in [0.1, 0.15) is 0 Å². The first-order valence-corrected chi connectivity index (χ1v) is 11.6. The number of thioether (sulfide) groups is 1. The molecule has 1 atom stereocenters. The van der Waals surface area contributed by atoms with Crippen LogP contribution in [0.5, 0.6) is 0 Å². The lowest BCUT2D eigenvalue weighted by Gasteiger charge is -2.35. The summed E-state index contributed by atoms with van der Waals surface area (Å²) in [5.74, 6) is -0.529. The lowest BCUT2D eigenvalue weighted by molar-refractivity contribution is -0.136. The molecule has 4 rings (SSSR count). The van der Waals surface area contributed by atoms with E-state index in [1.54, 1.807) is 11.3 Å². The minimum Gasteiger partial charge on any atom is -0.466 e. The van der Waals surface area contributed by atoms with Gasteiger partial charge in [-0.3, -0.25) is 4.79 Å². The molecule has 0 bridgehead atoms. The molecule has 0 radical (unpaired) electrons. The number of nitrogens with zero attached hydrogens (tertiary/aromatic N) is 2. The number of aryl methyl sites for hydroxylation is 2. The van der Waals surface area contributed by atoms with Crippen molar-refractivity contribution in [2.45, 2.75) is 33.2 Å². The summed E-state index contributed by atoms with van der Waals surface area (Å²) in [6.45, 7) is 5.88. The Balaban J connectivity index is 1.61. The Morgan fingerprint density at radius 2 is 2.00 bits per heavy atom. The van der Waals surface area contributed by atoms with Gasteiger partial charge >= 0.3 is 5.97 Å². The third-order valence-corrected chi connectivity index (χ3v) is 6.99. The molecule has 1 N–H and O–H groups in total. The van der Waals surface area contributed by atoms with Gasteiger partial charge in [-0.1, -0.05) is 17.8 Å². The molecule has 1 amide bonds. The molecule has 1 aromatic heterocycles. The summed E-state index contributed by atoms with van der Waals surface area (Å²) >= 11 is 3.03. The first-order chi connectivity index (χ1) is 14.9. The Morgan fingerprint density at radius 1 is 1.19 bits per heavy atom. The maximum Gasteiger partial charge on any atom is 0.338 e. The highest BCUT2D eigenvalue weighted by Crippen LogP contribution is 2.45. The Hall–Kier alpha value is -2.84. The predicted molar refractivity (Wildman–Crippen MR) is 126 cm³/mol. The lowest BCUT2D eigenvalue weighted by atomic mass is 9.96. The summed E-state index contributed by atoms with van der Waals surface area (Å²) in [6, 6.07) is 7.48. The molecule has 2 aromatic rings. The van der Waals surface area contributed by atoms with Crippen LogP contribution >= 0.6 is 23.1 Å². The number of hydrogen-bond acceptors (Lipinski definition) is 7. The number of methoxy groups -OCH3 is 1.